The van der Waals surface area contributed by atoms with Gasteiger partial charge >= 0.3 is 0 Å². The molecule has 0 spiro atoms. The van der Waals surface area contributed by atoms with Crippen LogP contribution in [0.25, 0.3) is 0 Å². The molecule has 0 aromatic heterocycles. The average molecular weight is 309 g/mol. The minimum Gasteiger partial charge on any atom is -0.355 e. The standard InChI is InChI=1S/C15H23N3O2S/c1-11-3-4-13(9-12(11)2)18-15(20)10-21-8-5-14(19)17-7-6-16/h3-4,9H,5-8,10,16H2,1-2H3,(H,17,19)(H,18,20). The van der Waals surface area contributed by atoms with Gasteiger partial charge in [-0.3, -0.25) is 9.59 Å². The van der Waals surface area contributed by atoms with Crippen molar-refractivity contribution in [3.8, 4) is 0 Å². The first-order valence-electron chi connectivity index (χ1n) is 6.94. The second-order valence-electron chi connectivity index (χ2n) is 4.79. The Balaban J connectivity index is 2.22. The van der Waals surface area contributed by atoms with Gasteiger partial charge in [0.25, 0.3) is 0 Å². The lowest BCUT2D eigenvalue weighted by atomic mass is 10.1. The number of aryl methyl sites for hydroxylation is 2. The van der Waals surface area contributed by atoms with Gasteiger partial charge in [0.05, 0.1) is 5.75 Å². The van der Waals surface area contributed by atoms with Crippen molar-refractivity contribution >= 4 is 29.3 Å². The highest BCUT2D eigenvalue weighted by Crippen LogP contribution is 2.14. The smallest absolute Gasteiger partial charge is 0.234 e. The van der Waals surface area contributed by atoms with Crippen LogP contribution in [-0.4, -0.2) is 36.4 Å². The summed E-state index contributed by atoms with van der Waals surface area (Å²) in [6.07, 6.45) is 0.404. The highest BCUT2D eigenvalue weighted by molar-refractivity contribution is 7.99. The molecule has 116 valence electrons. The number of thioether (sulfide) groups is 1. The lowest BCUT2D eigenvalue weighted by Crippen LogP contribution is -2.29. The van der Waals surface area contributed by atoms with Gasteiger partial charge in [-0.1, -0.05) is 6.07 Å². The molecule has 6 heteroatoms. The number of hydrogen-bond donors (Lipinski definition) is 3. The van der Waals surface area contributed by atoms with Gasteiger partial charge in [-0.2, -0.15) is 11.8 Å². The monoisotopic (exact) mass is 309 g/mol. The summed E-state index contributed by atoms with van der Waals surface area (Å²) in [7, 11) is 0. The van der Waals surface area contributed by atoms with E-state index in [0.29, 0.717) is 31.0 Å². The highest BCUT2D eigenvalue weighted by Gasteiger charge is 2.05. The van der Waals surface area contributed by atoms with Crippen LogP contribution in [-0.2, 0) is 9.59 Å². The fourth-order valence-electron chi connectivity index (χ4n) is 1.65. The second kappa shape index (κ2) is 9.41. The zero-order chi connectivity index (χ0) is 15.7. The lowest BCUT2D eigenvalue weighted by molar-refractivity contribution is -0.120. The molecule has 0 radical (unpaired) electrons. The van der Waals surface area contributed by atoms with Gasteiger partial charge in [-0.15, -0.1) is 0 Å². The van der Waals surface area contributed by atoms with E-state index in [2.05, 4.69) is 10.6 Å². The molecular formula is C15H23N3O2S. The zero-order valence-electron chi connectivity index (χ0n) is 12.6. The first kappa shape index (κ1) is 17.5. The third kappa shape index (κ3) is 7.15. The molecule has 2 amide bonds. The second-order valence-corrected chi connectivity index (χ2v) is 5.89. The van der Waals surface area contributed by atoms with Crippen LogP contribution in [0.5, 0.6) is 0 Å². The summed E-state index contributed by atoms with van der Waals surface area (Å²) < 4.78 is 0. The van der Waals surface area contributed by atoms with Gasteiger partial charge in [-0.25, -0.2) is 0 Å². The number of carbonyl (C=O) groups is 2. The van der Waals surface area contributed by atoms with Crippen LogP contribution in [0.1, 0.15) is 17.5 Å². The summed E-state index contributed by atoms with van der Waals surface area (Å²) in [5.74, 6) is 0.890. The predicted molar refractivity (Wildman–Crippen MR) is 88.6 cm³/mol. The van der Waals surface area contributed by atoms with E-state index in [1.807, 2.05) is 32.0 Å². The lowest BCUT2D eigenvalue weighted by Gasteiger charge is -2.07. The molecule has 5 nitrogen and oxygen atoms in total. The van der Waals surface area contributed by atoms with E-state index in [1.165, 1.54) is 17.3 Å². The average Bonchev–Trinajstić information content (AvgIpc) is 2.45. The van der Waals surface area contributed by atoms with Crippen molar-refractivity contribution in [2.24, 2.45) is 5.73 Å². The van der Waals surface area contributed by atoms with Crippen LogP contribution in [0.3, 0.4) is 0 Å². The molecule has 0 aliphatic rings. The summed E-state index contributed by atoms with van der Waals surface area (Å²) in [6.45, 7) is 4.99. The predicted octanol–water partition coefficient (Wildman–Crippen LogP) is 1.44. The third-order valence-electron chi connectivity index (χ3n) is 2.96. The van der Waals surface area contributed by atoms with E-state index in [9.17, 15) is 9.59 Å². The summed E-state index contributed by atoms with van der Waals surface area (Å²) in [5, 5.41) is 5.55. The van der Waals surface area contributed by atoms with Crippen molar-refractivity contribution in [2.45, 2.75) is 20.3 Å². The summed E-state index contributed by atoms with van der Waals surface area (Å²) >= 11 is 1.45. The van der Waals surface area contributed by atoms with E-state index in [-0.39, 0.29) is 11.8 Å². The number of hydrogen-bond acceptors (Lipinski definition) is 4. The van der Waals surface area contributed by atoms with E-state index in [4.69, 9.17) is 5.73 Å². The fourth-order valence-corrected chi connectivity index (χ4v) is 2.38. The van der Waals surface area contributed by atoms with Crippen molar-refractivity contribution in [1.29, 1.82) is 0 Å². The van der Waals surface area contributed by atoms with Gasteiger partial charge in [0, 0.05) is 31.0 Å². The molecule has 0 aliphatic carbocycles. The molecule has 0 bridgehead atoms. The summed E-state index contributed by atoms with van der Waals surface area (Å²) in [4.78, 5) is 23.1. The molecule has 0 aliphatic heterocycles. The van der Waals surface area contributed by atoms with Crippen LogP contribution >= 0.6 is 11.8 Å². The molecule has 0 unspecified atom stereocenters. The fraction of sp³-hybridized carbons (Fsp3) is 0.467. The molecular weight excluding hydrogens is 286 g/mol. The SMILES string of the molecule is Cc1ccc(NC(=O)CSCCC(=O)NCCN)cc1C. The van der Waals surface area contributed by atoms with Gasteiger partial charge in [0.15, 0.2) is 0 Å². The van der Waals surface area contributed by atoms with Crippen molar-refractivity contribution < 1.29 is 9.59 Å². The summed E-state index contributed by atoms with van der Waals surface area (Å²) in [5.41, 5.74) is 8.45. The zero-order valence-corrected chi connectivity index (χ0v) is 13.4. The van der Waals surface area contributed by atoms with Crippen LogP contribution in [0.15, 0.2) is 18.2 Å². The largest absolute Gasteiger partial charge is 0.355 e. The Morgan fingerprint density at radius 2 is 1.95 bits per heavy atom. The van der Waals surface area contributed by atoms with Crippen LogP contribution < -0.4 is 16.4 Å². The quantitative estimate of drug-likeness (QED) is 0.634. The normalized spacial score (nSPS) is 10.2. The number of amides is 2. The number of benzene rings is 1. The maximum atomic E-state index is 11.8. The Labute approximate surface area is 130 Å². The molecule has 1 aromatic rings. The van der Waals surface area contributed by atoms with Crippen LogP contribution in [0, 0.1) is 13.8 Å². The highest BCUT2D eigenvalue weighted by atomic mass is 32.2. The van der Waals surface area contributed by atoms with E-state index >= 15 is 0 Å². The Hall–Kier alpha value is -1.53. The Morgan fingerprint density at radius 3 is 2.62 bits per heavy atom. The first-order valence-corrected chi connectivity index (χ1v) is 8.10. The Morgan fingerprint density at radius 1 is 1.19 bits per heavy atom. The van der Waals surface area contributed by atoms with E-state index < -0.39 is 0 Å². The van der Waals surface area contributed by atoms with Crippen molar-refractivity contribution in [3.63, 3.8) is 0 Å². The number of nitrogens with one attached hydrogen (secondary N) is 2. The third-order valence-corrected chi connectivity index (χ3v) is 3.92. The van der Waals surface area contributed by atoms with Gasteiger partial charge in [0.2, 0.25) is 11.8 Å². The maximum Gasteiger partial charge on any atom is 0.234 e. The first-order chi connectivity index (χ1) is 10.0. The van der Waals surface area contributed by atoms with Crippen LogP contribution in [0.2, 0.25) is 0 Å². The Kier molecular flexibility index (Phi) is 7.85. The molecule has 0 fully saturated rings. The van der Waals surface area contributed by atoms with Gasteiger partial charge < -0.3 is 16.4 Å². The summed E-state index contributed by atoms with van der Waals surface area (Å²) in [6, 6.07) is 5.84. The van der Waals surface area contributed by atoms with Crippen LogP contribution in [0.4, 0.5) is 5.69 Å². The molecule has 1 rings (SSSR count). The van der Waals surface area contributed by atoms with E-state index in [0.717, 1.165) is 11.3 Å². The van der Waals surface area contributed by atoms with E-state index in [1.54, 1.807) is 0 Å². The maximum absolute atomic E-state index is 11.8. The minimum atomic E-state index is -0.0504. The van der Waals surface area contributed by atoms with Gasteiger partial charge in [-0.05, 0) is 37.1 Å². The van der Waals surface area contributed by atoms with Crippen molar-refractivity contribution in [2.75, 3.05) is 29.9 Å². The molecule has 0 saturated carbocycles. The number of rotatable bonds is 8. The topological polar surface area (TPSA) is 84.2 Å². The minimum absolute atomic E-state index is 0.0254. The molecule has 0 atom stereocenters. The number of carbonyl (C=O) groups excluding carboxylic acids is 2. The van der Waals surface area contributed by atoms with Crippen molar-refractivity contribution in [1.82, 2.24) is 5.32 Å². The van der Waals surface area contributed by atoms with Crippen molar-refractivity contribution in [3.05, 3.63) is 29.3 Å². The molecule has 1 aromatic carbocycles. The van der Waals surface area contributed by atoms with Gasteiger partial charge in [0.1, 0.15) is 0 Å². The number of anilines is 1. The Bertz CT molecular complexity index is 492. The molecule has 0 heterocycles. The molecule has 4 N–H and O–H groups in total. The molecule has 0 saturated heterocycles. The number of nitrogens with two attached hydrogens (primary N) is 1. The molecule has 21 heavy (non-hydrogen) atoms.